The molecule has 1 aliphatic carbocycles. The SMILES string of the molecule is O=S(=O)(N1CCOCC1)C12C=CC3SC3C1S2. The molecule has 17 heavy (non-hydrogen) atoms. The van der Waals surface area contributed by atoms with E-state index in [1.165, 1.54) is 0 Å². The van der Waals surface area contributed by atoms with E-state index in [9.17, 15) is 8.42 Å². The summed E-state index contributed by atoms with van der Waals surface area (Å²) in [5.74, 6) is 0. The third kappa shape index (κ3) is 1.43. The second kappa shape index (κ2) is 3.45. The number of hydrogen-bond donors (Lipinski definition) is 0. The molecule has 0 aromatic carbocycles. The van der Waals surface area contributed by atoms with Crippen LogP contribution in [0.25, 0.3) is 0 Å². The molecule has 4 aliphatic rings. The van der Waals surface area contributed by atoms with E-state index in [1.807, 2.05) is 17.8 Å². The molecular formula is C10H13NO3S3. The van der Waals surface area contributed by atoms with Crippen molar-refractivity contribution in [3.63, 3.8) is 0 Å². The van der Waals surface area contributed by atoms with Crippen LogP contribution in [0.15, 0.2) is 12.2 Å². The number of fused-ring (bicyclic) bond motifs is 3. The van der Waals surface area contributed by atoms with Gasteiger partial charge in [0, 0.05) is 23.6 Å². The Labute approximate surface area is 109 Å². The fourth-order valence-corrected chi connectivity index (χ4v) is 8.54. The van der Waals surface area contributed by atoms with E-state index in [0.717, 1.165) is 0 Å². The van der Waals surface area contributed by atoms with E-state index in [0.29, 0.717) is 36.8 Å². The summed E-state index contributed by atoms with van der Waals surface area (Å²) in [6.07, 6.45) is 4.03. The Bertz CT molecular complexity index is 485. The molecule has 0 aromatic rings. The van der Waals surface area contributed by atoms with Crippen LogP contribution in [-0.2, 0) is 14.8 Å². The normalized spacial score (nSPS) is 48.4. The van der Waals surface area contributed by atoms with Crippen LogP contribution >= 0.6 is 23.5 Å². The van der Waals surface area contributed by atoms with E-state index in [4.69, 9.17) is 4.74 Å². The van der Waals surface area contributed by atoms with Gasteiger partial charge in [-0.15, -0.1) is 23.5 Å². The van der Waals surface area contributed by atoms with Crippen LogP contribution in [0, 0.1) is 0 Å². The Morgan fingerprint density at radius 3 is 2.88 bits per heavy atom. The van der Waals surface area contributed by atoms with Gasteiger partial charge in [-0.2, -0.15) is 4.31 Å². The van der Waals surface area contributed by atoms with Crippen LogP contribution in [0.4, 0.5) is 0 Å². The monoisotopic (exact) mass is 291 g/mol. The first-order valence-electron chi connectivity index (χ1n) is 5.75. The zero-order valence-corrected chi connectivity index (χ0v) is 11.6. The van der Waals surface area contributed by atoms with Crippen LogP contribution in [0.1, 0.15) is 0 Å². The molecule has 0 amide bonds. The maximum atomic E-state index is 12.7. The maximum Gasteiger partial charge on any atom is 0.234 e. The van der Waals surface area contributed by atoms with Crippen LogP contribution in [0.5, 0.6) is 0 Å². The highest BCUT2D eigenvalue weighted by atomic mass is 32.3. The van der Waals surface area contributed by atoms with Crippen molar-refractivity contribution in [1.29, 1.82) is 0 Å². The third-order valence-electron chi connectivity index (χ3n) is 3.74. The summed E-state index contributed by atoms with van der Waals surface area (Å²) in [5.41, 5.74) is 0. The Morgan fingerprint density at radius 1 is 1.35 bits per heavy atom. The Hall–Kier alpha value is 0.310. The molecule has 3 saturated heterocycles. The van der Waals surface area contributed by atoms with Crippen molar-refractivity contribution in [2.75, 3.05) is 26.3 Å². The number of hydrogen-bond acceptors (Lipinski definition) is 5. The molecule has 0 aromatic heterocycles. The fraction of sp³-hybridized carbons (Fsp3) is 0.800. The van der Waals surface area contributed by atoms with Crippen molar-refractivity contribution >= 4 is 33.5 Å². The van der Waals surface area contributed by atoms with Crippen molar-refractivity contribution in [3.05, 3.63) is 12.2 Å². The van der Waals surface area contributed by atoms with Gasteiger partial charge in [-0.3, -0.25) is 0 Å². The zero-order valence-electron chi connectivity index (χ0n) is 9.11. The highest BCUT2D eigenvalue weighted by Gasteiger charge is 2.73. The molecule has 4 atom stereocenters. The molecule has 3 heterocycles. The largest absolute Gasteiger partial charge is 0.379 e. The maximum absolute atomic E-state index is 12.7. The lowest BCUT2D eigenvalue weighted by Gasteiger charge is -2.29. The Morgan fingerprint density at radius 2 is 2.12 bits per heavy atom. The average Bonchev–Trinajstić information content (AvgIpc) is 3.20. The van der Waals surface area contributed by atoms with Gasteiger partial charge in [0.15, 0.2) is 4.08 Å². The topological polar surface area (TPSA) is 46.6 Å². The van der Waals surface area contributed by atoms with Gasteiger partial charge in [-0.05, 0) is 0 Å². The van der Waals surface area contributed by atoms with Crippen LogP contribution in [-0.4, -0.2) is 58.9 Å². The van der Waals surface area contributed by atoms with Gasteiger partial charge < -0.3 is 4.74 Å². The molecule has 94 valence electrons. The number of morpholine rings is 1. The average molecular weight is 291 g/mol. The zero-order chi connectivity index (χ0) is 11.7. The van der Waals surface area contributed by atoms with Crippen LogP contribution in [0.3, 0.4) is 0 Å². The second-order valence-corrected chi connectivity index (χ2v) is 9.88. The minimum atomic E-state index is -3.20. The number of sulfonamides is 1. The van der Waals surface area contributed by atoms with Gasteiger partial charge >= 0.3 is 0 Å². The third-order valence-corrected chi connectivity index (χ3v) is 9.98. The molecule has 4 unspecified atom stereocenters. The predicted molar refractivity (Wildman–Crippen MR) is 69.7 cm³/mol. The summed E-state index contributed by atoms with van der Waals surface area (Å²) >= 11 is 3.51. The second-order valence-electron chi connectivity index (χ2n) is 4.70. The standard InChI is InChI=1S/C10H13NO3S3/c12-17(13,11-3-5-14-6-4-11)10-2-1-7-8(15-7)9(10)16-10/h1-2,7-9H,3-6H2. The van der Waals surface area contributed by atoms with Crippen molar-refractivity contribution < 1.29 is 13.2 Å². The Kier molecular flexibility index (Phi) is 2.26. The van der Waals surface area contributed by atoms with Crippen molar-refractivity contribution in [3.8, 4) is 0 Å². The van der Waals surface area contributed by atoms with E-state index in [1.54, 1.807) is 16.1 Å². The highest BCUT2D eigenvalue weighted by molar-refractivity contribution is 8.23. The lowest BCUT2D eigenvalue weighted by atomic mass is 10.1. The summed E-state index contributed by atoms with van der Waals surface area (Å²) < 4.78 is 31.5. The van der Waals surface area contributed by atoms with Crippen LogP contribution in [0.2, 0.25) is 0 Å². The fourth-order valence-electron chi connectivity index (χ4n) is 2.64. The van der Waals surface area contributed by atoms with E-state index < -0.39 is 14.1 Å². The van der Waals surface area contributed by atoms with Crippen molar-refractivity contribution in [2.45, 2.75) is 19.8 Å². The summed E-state index contributed by atoms with van der Waals surface area (Å²) in [6.45, 7) is 2.06. The first-order chi connectivity index (χ1) is 8.15. The number of ether oxygens (including phenoxy) is 1. The minimum absolute atomic E-state index is 0.287. The first kappa shape index (κ1) is 11.2. The molecule has 0 N–H and O–H groups in total. The van der Waals surface area contributed by atoms with E-state index >= 15 is 0 Å². The van der Waals surface area contributed by atoms with E-state index in [-0.39, 0.29) is 5.25 Å². The lowest BCUT2D eigenvalue weighted by molar-refractivity contribution is 0.0727. The first-order valence-corrected chi connectivity index (χ1v) is 9.01. The van der Waals surface area contributed by atoms with Gasteiger partial charge in [0.1, 0.15) is 0 Å². The smallest absolute Gasteiger partial charge is 0.234 e. The van der Waals surface area contributed by atoms with E-state index in [2.05, 4.69) is 6.08 Å². The Balaban J connectivity index is 1.66. The lowest BCUT2D eigenvalue weighted by Crippen LogP contribution is -2.47. The molecule has 0 saturated carbocycles. The minimum Gasteiger partial charge on any atom is -0.379 e. The summed E-state index contributed by atoms with van der Waals surface area (Å²) in [7, 11) is -3.20. The quantitative estimate of drug-likeness (QED) is 0.548. The molecule has 3 aliphatic heterocycles. The number of rotatable bonds is 2. The van der Waals surface area contributed by atoms with Crippen molar-refractivity contribution in [2.24, 2.45) is 0 Å². The highest BCUT2D eigenvalue weighted by Crippen LogP contribution is 2.71. The van der Waals surface area contributed by atoms with Gasteiger partial charge in [0.2, 0.25) is 10.0 Å². The molecule has 0 bridgehead atoms. The summed E-state index contributed by atoms with van der Waals surface area (Å²) in [5, 5.41) is 1.42. The molecular weight excluding hydrogens is 278 g/mol. The number of nitrogens with zero attached hydrogens (tertiary/aromatic N) is 1. The van der Waals surface area contributed by atoms with Gasteiger partial charge in [-0.1, -0.05) is 12.2 Å². The summed E-state index contributed by atoms with van der Waals surface area (Å²) in [6, 6.07) is 0. The van der Waals surface area contributed by atoms with Gasteiger partial charge in [-0.25, -0.2) is 8.42 Å². The molecule has 3 fully saturated rings. The number of thioether (sulfide) groups is 2. The molecule has 4 nitrogen and oxygen atoms in total. The molecule has 4 rings (SSSR count). The van der Waals surface area contributed by atoms with Gasteiger partial charge in [0.05, 0.1) is 18.5 Å². The molecule has 7 heteroatoms. The van der Waals surface area contributed by atoms with Crippen molar-refractivity contribution in [1.82, 2.24) is 4.31 Å². The predicted octanol–water partition coefficient (Wildman–Crippen LogP) is 0.514. The summed E-state index contributed by atoms with van der Waals surface area (Å²) in [4.78, 5) is 0. The van der Waals surface area contributed by atoms with Gasteiger partial charge in [0.25, 0.3) is 0 Å². The van der Waals surface area contributed by atoms with Crippen LogP contribution < -0.4 is 0 Å². The molecule has 0 radical (unpaired) electrons. The molecule has 0 spiro atoms.